The normalized spacial score (nSPS) is 11.8. The molecule has 0 saturated carbocycles. The van der Waals surface area contributed by atoms with E-state index in [-0.39, 0.29) is 19.2 Å². The third kappa shape index (κ3) is 5.44. The van der Waals surface area contributed by atoms with Crippen molar-refractivity contribution in [3.63, 3.8) is 0 Å². The highest BCUT2D eigenvalue weighted by atomic mass is 35.5. The third-order valence-corrected chi connectivity index (χ3v) is 3.52. The van der Waals surface area contributed by atoms with Crippen LogP contribution in [0.4, 0.5) is 0 Å². The van der Waals surface area contributed by atoms with Gasteiger partial charge < -0.3 is 14.7 Å². The van der Waals surface area contributed by atoms with Crippen molar-refractivity contribution in [2.24, 2.45) is 0 Å². The zero-order valence-electron chi connectivity index (χ0n) is 11.8. The summed E-state index contributed by atoms with van der Waals surface area (Å²) >= 11 is 11.7. The number of carbonyl (C=O) groups is 2. The maximum absolute atomic E-state index is 12.1. The van der Waals surface area contributed by atoms with E-state index in [0.29, 0.717) is 22.2 Å². The van der Waals surface area contributed by atoms with Crippen LogP contribution >= 0.6 is 23.2 Å². The number of rotatable bonds is 7. The fourth-order valence-corrected chi connectivity index (χ4v) is 2.13. The van der Waals surface area contributed by atoms with Crippen LogP contribution in [-0.4, -0.2) is 41.1 Å². The first kappa shape index (κ1) is 17.6. The van der Waals surface area contributed by atoms with Gasteiger partial charge in [-0.1, -0.05) is 30.1 Å². The Morgan fingerprint density at radius 1 is 1.38 bits per heavy atom. The van der Waals surface area contributed by atoms with Crippen molar-refractivity contribution in [1.82, 2.24) is 4.90 Å². The molecule has 1 atom stereocenters. The monoisotopic (exact) mass is 333 g/mol. The van der Waals surface area contributed by atoms with E-state index >= 15 is 0 Å². The molecule has 1 amide bonds. The molecule has 0 aliphatic heterocycles. The summed E-state index contributed by atoms with van der Waals surface area (Å²) in [6.07, 6.45) is 0.653. The molecule has 1 aromatic carbocycles. The van der Waals surface area contributed by atoms with E-state index in [1.807, 2.05) is 6.92 Å². The van der Waals surface area contributed by atoms with E-state index in [4.69, 9.17) is 33.0 Å². The number of carbonyl (C=O) groups excluding carboxylic acids is 1. The summed E-state index contributed by atoms with van der Waals surface area (Å²) in [6.45, 7) is 3.03. The molecule has 0 aromatic heterocycles. The largest absolute Gasteiger partial charge is 0.482 e. The summed E-state index contributed by atoms with van der Waals surface area (Å²) in [6, 6.07) is 4.48. The minimum atomic E-state index is -1.06. The van der Waals surface area contributed by atoms with Gasteiger partial charge in [0.1, 0.15) is 12.3 Å². The van der Waals surface area contributed by atoms with Crippen LogP contribution < -0.4 is 4.74 Å². The first-order valence-corrected chi connectivity index (χ1v) is 7.19. The van der Waals surface area contributed by atoms with Gasteiger partial charge >= 0.3 is 5.97 Å². The molecule has 7 heteroatoms. The minimum Gasteiger partial charge on any atom is -0.482 e. The molecule has 0 bridgehead atoms. The van der Waals surface area contributed by atoms with Crippen LogP contribution in [0.5, 0.6) is 5.75 Å². The van der Waals surface area contributed by atoms with Gasteiger partial charge in [-0.2, -0.15) is 0 Å². The highest BCUT2D eigenvalue weighted by Crippen LogP contribution is 2.27. The van der Waals surface area contributed by atoms with Gasteiger partial charge in [0.15, 0.2) is 6.61 Å². The SMILES string of the molecule is CCC(C)N(CC(=O)O)C(=O)COc1ccc(Cl)cc1Cl. The Labute approximate surface area is 133 Å². The van der Waals surface area contributed by atoms with Crippen molar-refractivity contribution >= 4 is 35.1 Å². The Balaban J connectivity index is 2.70. The Morgan fingerprint density at radius 2 is 2.05 bits per heavy atom. The Hall–Kier alpha value is -1.46. The van der Waals surface area contributed by atoms with Crippen molar-refractivity contribution in [3.05, 3.63) is 28.2 Å². The van der Waals surface area contributed by atoms with Crippen molar-refractivity contribution in [1.29, 1.82) is 0 Å². The molecule has 1 rings (SSSR count). The van der Waals surface area contributed by atoms with Crippen LogP contribution in [-0.2, 0) is 9.59 Å². The van der Waals surface area contributed by atoms with E-state index in [1.165, 1.54) is 11.0 Å². The number of nitrogens with zero attached hydrogens (tertiary/aromatic N) is 1. The van der Waals surface area contributed by atoms with Crippen LogP contribution in [0.2, 0.25) is 10.0 Å². The Morgan fingerprint density at radius 3 is 2.57 bits per heavy atom. The molecular weight excluding hydrogens is 317 g/mol. The number of hydrogen-bond acceptors (Lipinski definition) is 3. The van der Waals surface area contributed by atoms with E-state index in [0.717, 1.165) is 0 Å². The predicted molar refractivity (Wildman–Crippen MR) is 81.1 cm³/mol. The van der Waals surface area contributed by atoms with Gasteiger partial charge in [-0.25, -0.2) is 0 Å². The van der Waals surface area contributed by atoms with Crippen LogP contribution in [0.3, 0.4) is 0 Å². The van der Waals surface area contributed by atoms with Crippen LogP contribution in [0.1, 0.15) is 20.3 Å². The molecule has 0 fully saturated rings. The van der Waals surface area contributed by atoms with Gasteiger partial charge in [0, 0.05) is 11.1 Å². The highest BCUT2D eigenvalue weighted by molar-refractivity contribution is 6.35. The standard InChI is InChI=1S/C14H17Cl2NO4/c1-3-9(2)17(7-14(19)20)13(18)8-21-12-5-4-10(15)6-11(12)16/h4-6,9H,3,7-8H2,1-2H3,(H,19,20). The second-order valence-electron chi connectivity index (χ2n) is 4.54. The molecule has 0 spiro atoms. The molecule has 1 unspecified atom stereocenters. The van der Waals surface area contributed by atoms with Gasteiger partial charge in [-0.3, -0.25) is 9.59 Å². The molecule has 0 aliphatic rings. The first-order valence-electron chi connectivity index (χ1n) is 6.44. The zero-order chi connectivity index (χ0) is 16.0. The number of benzene rings is 1. The smallest absolute Gasteiger partial charge is 0.323 e. The maximum Gasteiger partial charge on any atom is 0.323 e. The lowest BCUT2D eigenvalue weighted by molar-refractivity contribution is -0.147. The lowest BCUT2D eigenvalue weighted by atomic mass is 10.2. The average Bonchev–Trinajstić information content (AvgIpc) is 2.42. The number of ether oxygens (including phenoxy) is 1. The highest BCUT2D eigenvalue weighted by Gasteiger charge is 2.22. The second-order valence-corrected chi connectivity index (χ2v) is 5.38. The molecular formula is C14H17Cl2NO4. The van der Waals surface area contributed by atoms with Crippen molar-refractivity contribution in [3.8, 4) is 5.75 Å². The van der Waals surface area contributed by atoms with Gasteiger partial charge in [-0.15, -0.1) is 0 Å². The fraction of sp³-hybridized carbons (Fsp3) is 0.429. The second kappa shape index (κ2) is 8.10. The van der Waals surface area contributed by atoms with Gasteiger partial charge in [0.25, 0.3) is 5.91 Å². The molecule has 0 radical (unpaired) electrons. The summed E-state index contributed by atoms with van der Waals surface area (Å²) in [7, 11) is 0. The fourth-order valence-electron chi connectivity index (χ4n) is 1.67. The summed E-state index contributed by atoms with van der Waals surface area (Å²) in [5.74, 6) is -1.14. The molecule has 1 N–H and O–H groups in total. The third-order valence-electron chi connectivity index (χ3n) is 2.99. The molecule has 1 aromatic rings. The molecule has 116 valence electrons. The lowest BCUT2D eigenvalue weighted by Crippen LogP contribution is -2.44. The van der Waals surface area contributed by atoms with Crippen LogP contribution in [0, 0.1) is 0 Å². The van der Waals surface area contributed by atoms with Crippen molar-refractivity contribution in [2.75, 3.05) is 13.2 Å². The number of halogens is 2. The lowest BCUT2D eigenvalue weighted by Gasteiger charge is -2.26. The number of hydrogen-bond donors (Lipinski definition) is 1. The van der Waals surface area contributed by atoms with Crippen molar-refractivity contribution < 1.29 is 19.4 Å². The Kier molecular flexibility index (Phi) is 6.78. The van der Waals surface area contributed by atoms with Crippen LogP contribution in [0.25, 0.3) is 0 Å². The average molecular weight is 334 g/mol. The first-order chi connectivity index (χ1) is 9.85. The predicted octanol–water partition coefficient (Wildman–Crippen LogP) is 3.08. The summed E-state index contributed by atoms with van der Waals surface area (Å²) < 4.78 is 5.34. The number of carboxylic acid groups (broad SMARTS) is 1. The topological polar surface area (TPSA) is 66.8 Å². The number of aliphatic carboxylic acids is 1. The number of carboxylic acids is 1. The van der Waals surface area contributed by atoms with E-state index in [1.54, 1.807) is 19.1 Å². The summed E-state index contributed by atoms with van der Waals surface area (Å²) in [4.78, 5) is 24.2. The summed E-state index contributed by atoms with van der Waals surface area (Å²) in [5, 5.41) is 9.63. The molecule has 21 heavy (non-hydrogen) atoms. The molecule has 0 saturated heterocycles. The molecule has 0 heterocycles. The van der Waals surface area contributed by atoms with E-state index < -0.39 is 11.9 Å². The maximum atomic E-state index is 12.1. The summed E-state index contributed by atoms with van der Waals surface area (Å²) in [5.41, 5.74) is 0. The number of amides is 1. The van der Waals surface area contributed by atoms with Crippen LogP contribution in [0.15, 0.2) is 18.2 Å². The van der Waals surface area contributed by atoms with Crippen molar-refractivity contribution in [2.45, 2.75) is 26.3 Å². The van der Waals surface area contributed by atoms with E-state index in [2.05, 4.69) is 0 Å². The zero-order valence-corrected chi connectivity index (χ0v) is 13.3. The minimum absolute atomic E-state index is 0.183. The van der Waals surface area contributed by atoms with E-state index in [9.17, 15) is 9.59 Å². The van der Waals surface area contributed by atoms with Gasteiger partial charge in [0.05, 0.1) is 5.02 Å². The van der Waals surface area contributed by atoms with Gasteiger partial charge in [-0.05, 0) is 31.5 Å². The quantitative estimate of drug-likeness (QED) is 0.832. The Bertz CT molecular complexity index is 522. The molecule has 0 aliphatic carbocycles. The molecule has 5 nitrogen and oxygen atoms in total. The van der Waals surface area contributed by atoms with Gasteiger partial charge in [0.2, 0.25) is 0 Å².